The Balaban J connectivity index is 2.17. The first-order chi connectivity index (χ1) is 8.49. The summed E-state index contributed by atoms with van der Waals surface area (Å²) in [7, 11) is 0. The van der Waals surface area contributed by atoms with Crippen molar-refractivity contribution in [1.29, 1.82) is 0 Å². The maximum atomic E-state index is 12.3. The van der Waals surface area contributed by atoms with Gasteiger partial charge in [0.05, 0.1) is 11.5 Å². The predicted octanol–water partition coefficient (Wildman–Crippen LogP) is 3.23. The number of benzene rings is 1. The Morgan fingerprint density at radius 3 is 2.06 bits per heavy atom. The van der Waals surface area contributed by atoms with E-state index in [9.17, 15) is 9.11 Å². The average Bonchev–Trinajstić information content (AvgIpc) is 2.30. The summed E-state index contributed by atoms with van der Waals surface area (Å²) in [6.07, 6.45) is 0. The molecule has 100 valence electrons. The van der Waals surface area contributed by atoms with E-state index >= 15 is 0 Å². The molecule has 0 aliphatic carbocycles. The molecular weight excluding hydrogens is 332 g/mol. The van der Waals surface area contributed by atoms with Gasteiger partial charge in [-0.3, -0.25) is 0 Å². The fourth-order valence-corrected chi connectivity index (χ4v) is 7.04. The molecule has 1 heterocycles. The van der Waals surface area contributed by atoms with Crippen LogP contribution in [0.2, 0.25) is 0 Å². The lowest BCUT2D eigenvalue weighted by Gasteiger charge is -2.34. The van der Waals surface area contributed by atoms with Gasteiger partial charge in [0.1, 0.15) is 11.5 Å². The van der Waals surface area contributed by atoms with E-state index in [-0.39, 0.29) is 4.58 Å². The number of halogens is 1. The van der Waals surface area contributed by atoms with Crippen molar-refractivity contribution in [3.05, 3.63) is 34.3 Å². The van der Waals surface area contributed by atoms with Gasteiger partial charge >= 0.3 is 0 Å². The molecule has 2 nitrogen and oxygen atoms in total. The summed E-state index contributed by atoms with van der Waals surface area (Å²) in [5.74, 6) is 2.11. The van der Waals surface area contributed by atoms with Gasteiger partial charge in [-0.25, -0.2) is 0 Å². The van der Waals surface area contributed by atoms with Crippen molar-refractivity contribution >= 4 is 38.3 Å². The second kappa shape index (κ2) is 6.18. The van der Waals surface area contributed by atoms with Crippen LogP contribution in [0.4, 0.5) is 0 Å². The van der Waals surface area contributed by atoms with E-state index in [1.807, 2.05) is 24.3 Å². The fourth-order valence-electron chi connectivity index (χ4n) is 2.07. The summed E-state index contributed by atoms with van der Waals surface area (Å²) in [6, 6.07) is 7.66. The summed E-state index contributed by atoms with van der Waals surface area (Å²) < 4.78 is 25.3. The molecule has 0 aromatic heterocycles. The van der Waals surface area contributed by atoms with E-state index in [4.69, 9.17) is 0 Å². The van der Waals surface area contributed by atoms with Crippen molar-refractivity contribution in [2.24, 2.45) is 11.8 Å². The van der Waals surface area contributed by atoms with Crippen molar-refractivity contribution in [1.82, 2.24) is 0 Å². The molecule has 2 unspecified atom stereocenters. The lowest BCUT2D eigenvalue weighted by atomic mass is 10.0. The van der Waals surface area contributed by atoms with Crippen LogP contribution in [-0.4, -0.2) is 20.6 Å². The van der Waals surface area contributed by atoms with Crippen LogP contribution in [0.3, 0.4) is 0 Å². The van der Waals surface area contributed by atoms with Gasteiger partial charge in [-0.15, -0.1) is 0 Å². The molecular formula is C13H17BrO2S2. The zero-order chi connectivity index (χ0) is 13.3. The van der Waals surface area contributed by atoms with Gasteiger partial charge in [0.2, 0.25) is 0 Å². The first kappa shape index (κ1) is 14.7. The standard InChI is InChI=1S/C13H17BrO2S2/c1-9(2)11-7-17(15)13(18(16)8-11)10-3-5-12(14)6-4-10/h3-6,9,11,13H,7-8H2,1-2H3/t11-,13-,17?,18?. The molecule has 1 aliphatic heterocycles. The van der Waals surface area contributed by atoms with Gasteiger partial charge in [-0.1, -0.05) is 29.8 Å². The Morgan fingerprint density at radius 2 is 1.61 bits per heavy atom. The summed E-state index contributed by atoms with van der Waals surface area (Å²) in [6.45, 7) is 4.22. The Kier molecular flexibility index (Phi) is 5.06. The largest absolute Gasteiger partial charge is 0.612 e. The summed E-state index contributed by atoms with van der Waals surface area (Å²) >= 11 is 1.31. The Morgan fingerprint density at radius 1 is 1.11 bits per heavy atom. The van der Waals surface area contributed by atoms with Crippen LogP contribution in [0.5, 0.6) is 0 Å². The molecule has 0 N–H and O–H groups in total. The third-order valence-corrected chi connectivity index (χ3v) is 8.15. The third-order valence-electron chi connectivity index (χ3n) is 3.32. The Hall–Kier alpha value is 0.320. The molecule has 0 radical (unpaired) electrons. The van der Waals surface area contributed by atoms with Crippen molar-refractivity contribution in [2.45, 2.75) is 18.4 Å². The van der Waals surface area contributed by atoms with Gasteiger partial charge < -0.3 is 9.11 Å². The molecule has 2 atom stereocenters. The monoisotopic (exact) mass is 348 g/mol. The first-order valence-corrected chi connectivity index (χ1v) is 9.54. The highest BCUT2D eigenvalue weighted by molar-refractivity contribution is 9.10. The lowest BCUT2D eigenvalue weighted by molar-refractivity contribution is 0.440. The van der Waals surface area contributed by atoms with Crippen LogP contribution in [0, 0.1) is 11.8 Å². The van der Waals surface area contributed by atoms with E-state index in [0.29, 0.717) is 23.3 Å². The predicted molar refractivity (Wildman–Crippen MR) is 81.2 cm³/mol. The minimum absolute atomic E-state index is 0.312. The molecule has 0 amide bonds. The zero-order valence-corrected chi connectivity index (χ0v) is 13.7. The summed E-state index contributed by atoms with van der Waals surface area (Å²) in [4.78, 5) is 0. The van der Waals surface area contributed by atoms with E-state index in [1.165, 1.54) is 0 Å². The van der Waals surface area contributed by atoms with Crippen molar-refractivity contribution in [3.8, 4) is 0 Å². The molecule has 1 aromatic carbocycles. The second-order valence-electron chi connectivity index (χ2n) is 4.98. The molecule has 5 heteroatoms. The van der Waals surface area contributed by atoms with Gasteiger partial charge in [-0.2, -0.15) is 0 Å². The van der Waals surface area contributed by atoms with Crippen LogP contribution in [0.25, 0.3) is 0 Å². The van der Waals surface area contributed by atoms with Crippen LogP contribution in [-0.2, 0) is 22.4 Å². The summed E-state index contributed by atoms with van der Waals surface area (Å²) in [5.41, 5.74) is 0.928. The zero-order valence-electron chi connectivity index (χ0n) is 10.5. The average molecular weight is 349 g/mol. The van der Waals surface area contributed by atoms with Crippen LogP contribution in [0.15, 0.2) is 28.7 Å². The molecule has 1 saturated heterocycles. The first-order valence-electron chi connectivity index (χ1n) is 5.99. The normalized spacial score (nSPS) is 32.8. The minimum atomic E-state index is -1.03. The second-order valence-corrected chi connectivity index (χ2v) is 9.33. The highest BCUT2D eigenvalue weighted by atomic mass is 79.9. The van der Waals surface area contributed by atoms with E-state index < -0.39 is 22.4 Å². The third kappa shape index (κ3) is 3.25. The number of rotatable bonds is 2. The molecule has 18 heavy (non-hydrogen) atoms. The van der Waals surface area contributed by atoms with Crippen LogP contribution < -0.4 is 0 Å². The van der Waals surface area contributed by atoms with Crippen LogP contribution >= 0.6 is 15.9 Å². The topological polar surface area (TPSA) is 46.1 Å². The lowest BCUT2D eigenvalue weighted by Crippen LogP contribution is -2.40. The van der Waals surface area contributed by atoms with E-state index in [0.717, 1.165) is 10.0 Å². The molecule has 0 spiro atoms. The number of hydrogen-bond donors (Lipinski definition) is 0. The van der Waals surface area contributed by atoms with E-state index in [1.54, 1.807) is 0 Å². The van der Waals surface area contributed by atoms with Gasteiger partial charge in [0.25, 0.3) is 4.58 Å². The number of hydrogen-bond acceptors (Lipinski definition) is 2. The Bertz CT molecular complexity index is 384. The van der Waals surface area contributed by atoms with Gasteiger partial charge in [-0.05, 0) is 30.2 Å². The minimum Gasteiger partial charge on any atom is -0.612 e. The van der Waals surface area contributed by atoms with Crippen molar-refractivity contribution < 1.29 is 9.11 Å². The van der Waals surface area contributed by atoms with Gasteiger partial charge in [0.15, 0.2) is 0 Å². The fraction of sp³-hybridized carbons (Fsp3) is 0.538. The maximum absolute atomic E-state index is 12.3. The van der Waals surface area contributed by atoms with Crippen LogP contribution in [0.1, 0.15) is 24.0 Å². The molecule has 1 aromatic rings. The highest BCUT2D eigenvalue weighted by Gasteiger charge is 2.44. The molecule has 0 bridgehead atoms. The maximum Gasteiger partial charge on any atom is 0.287 e. The molecule has 2 rings (SSSR count). The quantitative estimate of drug-likeness (QED) is 0.770. The van der Waals surface area contributed by atoms with E-state index in [2.05, 4.69) is 29.8 Å². The highest BCUT2D eigenvalue weighted by Crippen LogP contribution is 2.38. The summed E-state index contributed by atoms with van der Waals surface area (Å²) in [5, 5.41) is 0. The van der Waals surface area contributed by atoms with Gasteiger partial charge in [0, 0.05) is 26.8 Å². The van der Waals surface area contributed by atoms with Crippen molar-refractivity contribution in [3.63, 3.8) is 0 Å². The molecule has 0 saturated carbocycles. The van der Waals surface area contributed by atoms with Crippen molar-refractivity contribution in [2.75, 3.05) is 11.5 Å². The smallest absolute Gasteiger partial charge is 0.287 e. The molecule has 1 fully saturated rings. The molecule has 1 aliphatic rings. The Labute approximate surface area is 123 Å². The SMILES string of the molecule is CC(C)[C@H]1C[S+]([O-])[C@H](c2ccc(Br)cc2)[S+]([O-])C1.